The zero-order valence-corrected chi connectivity index (χ0v) is 14.3. The van der Waals surface area contributed by atoms with Gasteiger partial charge < -0.3 is 4.74 Å². The number of carbonyl (C=O) groups is 1. The Bertz CT molecular complexity index is 416. The van der Waals surface area contributed by atoms with Gasteiger partial charge in [-0.2, -0.15) is 0 Å². The van der Waals surface area contributed by atoms with Gasteiger partial charge >= 0.3 is 0 Å². The summed E-state index contributed by atoms with van der Waals surface area (Å²) in [6, 6.07) is 0. The van der Waals surface area contributed by atoms with Gasteiger partial charge in [-0.15, -0.1) is 11.6 Å². The van der Waals surface area contributed by atoms with Crippen LogP contribution in [0.15, 0.2) is 12.2 Å². The summed E-state index contributed by atoms with van der Waals surface area (Å²) in [5.74, 6) is 0.287. The molecule has 0 aromatic carbocycles. The van der Waals surface area contributed by atoms with Crippen molar-refractivity contribution in [3.8, 4) is 0 Å². The molecule has 0 aromatic heterocycles. The molecule has 0 radical (unpaired) electrons. The quantitative estimate of drug-likeness (QED) is 0.662. The summed E-state index contributed by atoms with van der Waals surface area (Å²) in [6.45, 7) is 7.98. The fourth-order valence-corrected chi connectivity index (χ4v) is 3.96. The highest BCUT2D eigenvalue weighted by Gasteiger charge is 2.50. The van der Waals surface area contributed by atoms with Crippen LogP contribution in [0.5, 0.6) is 0 Å². The van der Waals surface area contributed by atoms with E-state index in [0.29, 0.717) is 0 Å². The molecule has 1 aliphatic heterocycles. The molecule has 4 heteroatoms. The molecule has 1 heterocycles. The second kappa shape index (κ2) is 4.85. The van der Waals surface area contributed by atoms with Crippen molar-refractivity contribution in [1.82, 2.24) is 0 Å². The van der Waals surface area contributed by atoms with Gasteiger partial charge in [-0.05, 0) is 65.0 Å². The molecular formula is C15H22BrClO2. The minimum atomic E-state index is -0.725. The van der Waals surface area contributed by atoms with Gasteiger partial charge in [0, 0.05) is 4.83 Å². The van der Waals surface area contributed by atoms with Crippen molar-refractivity contribution in [2.45, 2.75) is 67.9 Å². The average Bonchev–Trinajstić information content (AvgIpc) is 2.27. The van der Waals surface area contributed by atoms with E-state index in [0.717, 1.165) is 19.3 Å². The number of hydrogen-bond acceptors (Lipinski definition) is 2. The van der Waals surface area contributed by atoms with Crippen LogP contribution in [0.4, 0.5) is 0 Å². The number of rotatable bonds is 1. The molecule has 108 valence electrons. The molecular weight excluding hydrogens is 328 g/mol. The summed E-state index contributed by atoms with van der Waals surface area (Å²) in [6.07, 6.45) is 6.21. The van der Waals surface area contributed by atoms with Crippen LogP contribution in [0.3, 0.4) is 0 Å². The van der Waals surface area contributed by atoms with E-state index in [9.17, 15) is 4.79 Å². The molecule has 0 spiro atoms. The number of halogens is 2. The highest BCUT2D eigenvalue weighted by molar-refractivity contribution is 9.09. The van der Waals surface area contributed by atoms with E-state index in [-0.39, 0.29) is 27.0 Å². The zero-order chi connectivity index (χ0) is 14.5. The lowest BCUT2D eigenvalue weighted by atomic mass is 9.71. The number of ketones is 1. The summed E-state index contributed by atoms with van der Waals surface area (Å²) in [4.78, 5) is 12.3. The third kappa shape index (κ3) is 2.93. The molecule has 0 saturated heterocycles. The third-order valence-electron chi connectivity index (χ3n) is 4.51. The van der Waals surface area contributed by atoms with Crippen molar-refractivity contribution in [3.05, 3.63) is 12.2 Å². The number of carbonyl (C=O) groups excluding carboxylic acids is 1. The van der Waals surface area contributed by atoms with E-state index >= 15 is 0 Å². The molecule has 0 aromatic rings. The first-order chi connectivity index (χ1) is 8.57. The van der Waals surface area contributed by atoms with Crippen LogP contribution in [0, 0.1) is 5.92 Å². The van der Waals surface area contributed by atoms with Gasteiger partial charge in [0.25, 0.3) is 0 Å². The fraction of sp³-hybridized carbons (Fsp3) is 0.800. The first-order valence-electron chi connectivity index (χ1n) is 6.84. The van der Waals surface area contributed by atoms with E-state index in [4.69, 9.17) is 16.3 Å². The SMILES string of the molecule is CC1(C)C=CC(=O)[C@@](C)([C@H]2CC[C@](C)(Cl)[C@@H](Br)C2)O1. The topological polar surface area (TPSA) is 26.3 Å². The Morgan fingerprint density at radius 2 is 2.00 bits per heavy atom. The van der Waals surface area contributed by atoms with E-state index in [1.54, 1.807) is 6.08 Å². The van der Waals surface area contributed by atoms with Gasteiger partial charge in [-0.1, -0.05) is 15.9 Å². The first-order valence-corrected chi connectivity index (χ1v) is 8.13. The fourth-order valence-electron chi connectivity index (χ4n) is 3.08. The Kier molecular flexibility index (Phi) is 3.97. The third-order valence-corrected chi connectivity index (χ3v) is 6.61. The molecule has 0 N–H and O–H groups in total. The van der Waals surface area contributed by atoms with Gasteiger partial charge in [-0.25, -0.2) is 0 Å². The molecule has 0 amide bonds. The predicted octanol–water partition coefficient (Wildman–Crippen LogP) is 4.24. The molecule has 1 aliphatic carbocycles. The van der Waals surface area contributed by atoms with Crippen molar-refractivity contribution < 1.29 is 9.53 Å². The molecule has 2 rings (SSSR count). The number of alkyl halides is 2. The van der Waals surface area contributed by atoms with E-state index in [1.165, 1.54) is 0 Å². The first kappa shape index (κ1) is 15.5. The molecule has 1 fully saturated rings. The largest absolute Gasteiger partial charge is 0.357 e. The second-order valence-corrected chi connectivity index (χ2v) is 8.70. The summed E-state index contributed by atoms with van der Waals surface area (Å²) in [5, 5.41) is 0. The van der Waals surface area contributed by atoms with Gasteiger partial charge in [0.15, 0.2) is 5.78 Å². The summed E-state index contributed by atoms with van der Waals surface area (Å²) in [5.41, 5.74) is -1.11. The monoisotopic (exact) mass is 348 g/mol. The summed E-state index contributed by atoms with van der Waals surface area (Å²) in [7, 11) is 0. The van der Waals surface area contributed by atoms with Crippen molar-refractivity contribution in [1.29, 1.82) is 0 Å². The van der Waals surface area contributed by atoms with Crippen molar-refractivity contribution in [3.63, 3.8) is 0 Å². The van der Waals surface area contributed by atoms with E-state index in [2.05, 4.69) is 22.9 Å². The molecule has 0 bridgehead atoms. The molecule has 19 heavy (non-hydrogen) atoms. The summed E-state index contributed by atoms with van der Waals surface area (Å²) >= 11 is 10.2. The van der Waals surface area contributed by atoms with Gasteiger partial charge in [0.05, 0.1) is 10.5 Å². The summed E-state index contributed by atoms with van der Waals surface area (Å²) < 4.78 is 6.13. The predicted molar refractivity (Wildman–Crippen MR) is 82.0 cm³/mol. The van der Waals surface area contributed by atoms with Crippen LogP contribution in [0.2, 0.25) is 0 Å². The number of ether oxygens (including phenoxy) is 1. The maximum atomic E-state index is 12.3. The standard InChI is InChI=1S/C15H22BrClO2/c1-13(2)7-6-12(18)15(4,19-13)10-5-8-14(3,17)11(16)9-10/h6-7,10-11H,5,8-9H2,1-4H3/t10-,11-,14-,15+/m0/s1. The lowest BCUT2D eigenvalue weighted by molar-refractivity contribution is -0.171. The Morgan fingerprint density at radius 1 is 1.37 bits per heavy atom. The Balaban J connectivity index is 2.22. The van der Waals surface area contributed by atoms with Crippen LogP contribution >= 0.6 is 27.5 Å². The Morgan fingerprint density at radius 3 is 2.58 bits per heavy atom. The second-order valence-electron chi connectivity index (χ2n) is 6.73. The van der Waals surface area contributed by atoms with Crippen LogP contribution < -0.4 is 0 Å². The molecule has 2 nitrogen and oxygen atoms in total. The average molecular weight is 350 g/mol. The van der Waals surface area contributed by atoms with Crippen LogP contribution in [-0.2, 0) is 9.53 Å². The van der Waals surface area contributed by atoms with Crippen molar-refractivity contribution in [2.24, 2.45) is 5.92 Å². The molecule has 0 unspecified atom stereocenters. The van der Waals surface area contributed by atoms with Gasteiger partial charge in [-0.3, -0.25) is 4.79 Å². The lowest BCUT2D eigenvalue weighted by Gasteiger charge is -2.48. The smallest absolute Gasteiger partial charge is 0.187 e. The van der Waals surface area contributed by atoms with Crippen molar-refractivity contribution in [2.75, 3.05) is 0 Å². The van der Waals surface area contributed by atoms with E-state index in [1.807, 2.05) is 26.8 Å². The van der Waals surface area contributed by atoms with Crippen LogP contribution in [-0.4, -0.2) is 26.7 Å². The zero-order valence-electron chi connectivity index (χ0n) is 12.0. The van der Waals surface area contributed by atoms with Crippen LogP contribution in [0.1, 0.15) is 47.0 Å². The van der Waals surface area contributed by atoms with E-state index < -0.39 is 5.60 Å². The molecule has 1 saturated carbocycles. The molecule has 2 aliphatic rings. The van der Waals surface area contributed by atoms with Crippen LogP contribution in [0.25, 0.3) is 0 Å². The minimum absolute atomic E-state index is 0.0784. The Hall–Kier alpha value is 0.140. The maximum Gasteiger partial charge on any atom is 0.187 e. The number of hydrogen-bond donors (Lipinski definition) is 0. The normalized spacial score (nSPS) is 46.3. The van der Waals surface area contributed by atoms with Crippen molar-refractivity contribution >= 4 is 33.3 Å². The highest BCUT2D eigenvalue weighted by Crippen LogP contribution is 2.47. The highest BCUT2D eigenvalue weighted by atomic mass is 79.9. The maximum absolute atomic E-state index is 12.3. The van der Waals surface area contributed by atoms with Gasteiger partial charge in [0.1, 0.15) is 5.60 Å². The lowest BCUT2D eigenvalue weighted by Crippen LogP contribution is -2.55. The minimum Gasteiger partial charge on any atom is -0.357 e. The Labute approximate surface area is 129 Å². The molecule has 4 atom stereocenters. The van der Waals surface area contributed by atoms with Gasteiger partial charge in [0.2, 0.25) is 0 Å².